The summed E-state index contributed by atoms with van der Waals surface area (Å²) in [5, 5.41) is 0. The molecule has 0 aliphatic carbocycles. The first-order valence-corrected chi connectivity index (χ1v) is 4.36. The van der Waals surface area contributed by atoms with Crippen LogP contribution >= 0.6 is 0 Å². The fourth-order valence-corrected chi connectivity index (χ4v) is 0.632. The molecule has 0 aliphatic heterocycles. The fraction of sp³-hybridized carbons (Fsp3) is 0.778. The summed E-state index contributed by atoms with van der Waals surface area (Å²) in [7, 11) is 0. The summed E-state index contributed by atoms with van der Waals surface area (Å²) in [5.41, 5.74) is 4.65. The highest BCUT2D eigenvalue weighted by atomic mass is 16.6. The van der Waals surface area contributed by atoms with E-state index in [1.165, 1.54) is 6.92 Å². The topological polar surface area (TPSA) is 78.6 Å². The molecule has 0 aromatic rings. The lowest BCUT2D eigenvalue weighted by molar-refractivity contribution is -0.166. The zero-order valence-corrected chi connectivity index (χ0v) is 8.99. The largest absolute Gasteiger partial charge is 0.457 e. The Hall–Kier alpha value is -1.10. The van der Waals surface area contributed by atoms with Crippen LogP contribution in [0.25, 0.3) is 0 Å². The normalized spacial score (nSPS) is 13.2. The van der Waals surface area contributed by atoms with Crippen molar-refractivity contribution in [2.45, 2.75) is 39.3 Å². The average molecular weight is 203 g/mol. The Labute approximate surface area is 83.5 Å². The minimum absolute atomic E-state index is 0.391. The second-order valence-electron chi connectivity index (χ2n) is 3.98. The molecular formula is C9H17NO4. The third kappa shape index (κ3) is 6.42. The van der Waals surface area contributed by atoms with Gasteiger partial charge in [-0.25, -0.2) is 4.79 Å². The van der Waals surface area contributed by atoms with E-state index in [0.717, 1.165) is 0 Å². The van der Waals surface area contributed by atoms with Gasteiger partial charge in [-0.2, -0.15) is 0 Å². The van der Waals surface area contributed by atoms with Crippen molar-refractivity contribution >= 4 is 11.9 Å². The molecule has 0 saturated heterocycles. The van der Waals surface area contributed by atoms with Crippen LogP contribution in [0.15, 0.2) is 0 Å². The minimum Gasteiger partial charge on any atom is -0.457 e. The van der Waals surface area contributed by atoms with Gasteiger partial charge in [-0.05, 0) is 27.7 Å². The van der Waals surface area contributed by atoms with Gasteiger partial charge in [0.1, 0.15) is 11.6 Å². The van der Waals surface area contributed by atoms with Crippen LogP contribution in [0.3, 0.4) is 0 Å². The van der Waals surface area contributed by atoms with Crippen molar-refractivity contribution in [3.63, 3.8) is 0 Å². The van der Waals surface area contributed by atoms with E-state index < -0.39 is 30.2 Å². The summed E-state index contributed by atoms with van der Waals surface area (Å²) in [5.74, 6) is -1.19. The lowest BCUT2D eigenvalue weighted by Gasteiger charge is -2.19. The molecule has 14 heavy (non-hydrogen) atoms. The molecule has 0 fully saturated rings. The zero-order chi connectivity index (χ0) is 11.4. The number of hydrogen-bond acceptors (Lipinski definition) is 5. The Morgan fingerprint density at radius 1 is 1.36 bits per heavy atom. The van der Waals surface area contributed by atoms with Gasteiger partial charge in [-0.1, -0.05) is 0 Å². The Morgan fingerprint density at radius 2 is 1.86 bits per heavy atom. The van der Waals surface area contributed by atoms with Crippen LogP contribution < -0.4 is 5.73 Å². The molecule has 2 N–H and O–H groups in total. The molecule has 0 amide bonds. The molecule has 0 aromatic heterocycles. The number of nitrogens with two attached hydrogens (primary N) is 1. The van der Waals surface area contributed by atoms with Crippen LogP contribution in [-0.4, -0.2) is 30.2 Å². The molecule has 0 unspecified atom stereocenters. The van der Waals surface area contributed by atoms with E-state index in [9.17, 15) is 9.59 Å². The summed E-state index contributed by atoms with van der Waals surface area (Å²) in [4.78, 5) is 21.9. The highest BCUT2D eigenvalue weighted by Gasteiger charge is 2.18. The number of esters is 2. The average Bonchev–Trinajstić information content (AvgIpc) is 1.96. The number of hydrogen-bond donors (Lipinski definition) is 1. The van der Waals surface area contributed by atoms with Crippen LogP contribution in [0.1, 0.15) is 27.7 Å². The van der Waals surface area contributed by atoms with Gasteiger partial charge in [0, 0.05) is 0 Å². The Bertz CT molecular complexity index is 217. The van der Waals surface area contributed by atoms with Crippen LogP contribution in [0, 0.1) is 0 Å². The number of ether oxygens (including phenoxy) is 2. The van der Waals surface area contributed by atoms with Crippen molar-refractivity contribution in [3.05, 3.63) is 0 Å². The first-order valence-electron chi connectivity index (χ1n) is 4.36. The van der Waals surface area contributed by atoms with Crippen molar-refractivity contribution in [2.24, 2.45) is 5.73 Å². The predicted molar refractivity (Wildman–Crippen MR) is 50.5 cm³/mol. The fourth-order valence-electron chi connectivity index (χ4n) is 0.632. The summed E-state index contributed by atoms with van der Waals surface area (Å²) < 4.78 is 9.48. The van der Waals surface area contributed by atoms with Gasteiger partial charge in [-0.15, -0.1) is 0 Å². The quantitative estimate of drug-likeness (QED) is 0.664. The molecule has 0 rings (SSSR count). The zero-order valence-electron chi connectivity index (χ0n) is 8.99. The van der Waals surface area contributed by atoms with Gasteiger partial charge in [0.15, 0.2) is 6.61 Å². The van der Waals surface area contributed by atoms with Gasteiger partial charge in [0.25, 0.3) is 0 Å². The SMILES string of the molecule is C[C@H](N)C(=O)OCC(=O)OC(C)(C)C. The monoisotopic (exact) mass is 203 g/mol. The van der Waals surface area contributed by atoms with Gasteiger partial charge >= 0.3 is 11.9 Å². The van der Waals surface area contributed by atoms with Crippen molar-refractivity contribution in [1.82, 2.24) is 0 Å². The molecule has 82 valence electrons. The van der Waals surface area contributed by atoms with E-state index in [0.29, 0.717) is 0 Å². The molecule has 1 atom stereocenters. The van der Waals surface area contributed by atoms with E-state index in [1.807, 2.05) is 0 Å². The molecule has 0 bridgehead atoms. The van der Waals surface area contributed by atoms with Crippen molar-refractivity contribution in [3.8, 4) is 0 Å². The highest BCUT2D eigenvalue weighted by molar-refractivity contribution is 5.79. The standard InChI is InChI=1S/C9H17NO4/c1-6(10)8(12)13-5-7(11)14-9(2,3)4/h6H,5,10H2,1-4H3/t6-/m0/s1. The number of carbonyl (C=O) groups is 2. The Balaban J connectivity index is 3.81. The molecule has 0 heterocycles. The van der Waals surface area contributed by atoms with Gasteiger partial charge in [-0.3, -0.25) is 4.79 Å². The summed E-state index contributed by atoms with van der Waals surface area (Å²) in [6, 6.07) is -0.725. The molecular weight excluding hydrogens is 186 g/mol. The first-order chi connectivity index (χ1) is 6.22. The second kappa shape index (κ2) is 4.95. The molecule has 5 nitrogen and oxygen atoms in total. The van der Waals surface area contributed by atoms with Crippen molar-refractivity contribution in [2.75, 3.05) is 6.61 Å². The molecule has 0 spiro atoms. The van der Waals surface area contributed by atoms with Crippen LogP contribution in [0.5, 0.6) is 0 Å². The lowest BCUT2D eigenvalue weighted by Crippen LogP contribution is -2.32. The maximum atomic E-state index is 11.0. The van der Waals surface area contributed by atoms with E-state index in [4.69, 9.17) is 10.5 Å². The third-order valence-electron chi connectivity index (χ3n) is 1.12. The minimum atomic E-state index is -0.725. The maximum Gasteiger partial charge on any atom is 0.344 e. The second-order valence-corrected chi connectivity index (χ2v) is 3.98. The first kappa shape index (κ1) is 12.9. The highest BCUT2D eigenvalue weighted by Crippen LogP contribution is 2.06. The van der Waals surface area contributed by atoms with E-state index in [-0.39, 0.29) is 0 Å². The van der Waals surface area contributed by atoms with Crippen LogP contribution in [-0.2, 0) is 19.1 Å². The summed E-state index contributed by atoms with van der Waals surface area (Å²) in [6.07, 6.45) is 0. The van der Waals surface area contributed by atoms with Crippen molar-refractivity contribution < 1.29 is 19.1 Å². The van der Waals surface area contributed by atoms with Gasteiger partial charge < -0.3 is 15.2 Å². The molecule has 0 aromatic carbocycles. The lowest BCUT2D eigenvalue weighted by atomic mass is 10.2. The van der Waals surface area contributed by atoms with Gasteiger partial charge in [0.05, 0.1) is 0 Å². The van der Waals surface area contributed by atoms with Gasteiger partial charge in [0.2, 0.25) is 0 Å². The predicted octanol–water partition coefficient (Wildman–Crippen LogP) is 0.218. The number of carbonyl (C=O) groups excluding carboxylic acids is 2. The molecule has 5 heteroatoms. The Kier molecular flexibility index (Phi) is 4.56. The molecule has 0 saturated carbocycles. The number of rotatable bonds is 3. The Morgan fingerprint density at radius 3 is 2.21 bits per heavy atom. The van der Waals surface area contributed by atoms with E-state index in [1.54, 1.807) is 20.8 Å². The molecule has 0 aliphatic rings. The summed E-state index contributed by atoms with van der Waals surface area (Å²) in [6.45, 7) is 6.30. The summed E-state index contributed by atoms with van der Waals surface area (Å²) >= 11 is 0. The van der Waals surface area contributed by atoms with Crippen LogP contribution in [0.4, 0.5) is 0 Å². The van der Waals surface area contributed by atoms with Crippen LogP contribution in [0.2, 0.25) is 0 Å². The smallest absolute Gasteiger partial charge is 0.344 e. The van der Waals surface area contributed by atoms with Crippen molar-refractivity contribution in [1.29, 1.82) is 0 Å². The third-order valence-corrected chi connectivity index (χ3v) is 1.12. The van der Waals surface area contributed by atoms with E-state index in [2.05, 4.69) is 4.74 Å². The maximum absolute atomic E-state index is 11.0. The molecule has 0 radical (unpaired) electrons. The van der Waals surface area contributed by atoms with E-state index >= 15 is 0 Å².